The number of nitrogens with zero attached hydrogens (tertiary/aromatic N) is 3. The first kappa shape index (κ1) is 17.9. The molecule has 1 aliphatic carbocycles. The predicted molar refractivity (Wildman–Crippen MR) is 103 cm³/mol. The maximum absolute atomic E-state index is 9.88. The Bertz CT molecular complexity index is 792. The Hall–Kier alpha value is -1.95. The van der Waals surface area contributed by atoms with Crippen LogP contribution >= 0.6 is 12.2 Å². The zero-order chi connectivity index (χ0) is 17.8. The molecular weight excluding hydrogens is 332 g/mol. The second kappa shape index (κ2) is 7.95. The molecule has 2 aromatic rings. The van der Waals surface area contributed by atoms with Crippen molar-refractivity contribution in [3.05, 3.63) is 39.4 Å². The van der Waals surface area contributed by atoms with E-state index in [9.17, 15) is 5.11 Å². The summed E-state index contributed by atoms with van der Waals surface area (Å²) in [5.74, 6) is 2.03. The van der Waals surface area contributed by atoms with Gasteiger partial charge in [0, 0.05) is 6.42 Å². The molecule has 6 heteroatoms. The third kappa shape index (κ3) is 4.37. The lowest BCUT2D eigenvalue weighted by molar-refractivity contribution is 0.336. The second-order valence-corrected chi connectivity index (χ2v) is 7.43. The van der Waals surface area contributed by atoms with E-state index in [4.69, 9.17) is 12.2 Å². The topological polar surface area (TPSA) is 66.2 Å². The van der Waals surface area contributed by atoms with Crippen LogP contribution in [0.15, 0.2) is 17.2 Å². The summed E-state index contributed by atoms with van der Waals surface area (Å²) in [7, 11) is 0. The number of aromatic nitrogens is 3. The Balaban J connectivity index is 1.74. The predicted octanol–water partition coefficient (Wildman–Crippen LogP) is 4.66. The molecule has 0 saturated heterocycles. The Labute approximate surface area is 153 Å². The van der Waals surface area contributed by atoms with Gasteiger partial charge in [0.15, 0.2) is 5.82 Å². The van der Waals surface area contributed by atoms with Crippen molar-refractivity contribution in [2.75, 3.05) is 0 Å². The van der Waals surface area contributed by atoms with E-state index in [-0.39, 0.29) is 0 Å². The van der Waals surface area contributed by atoms with Crippen LogP contribution < -0.4 is 0 Å². The molecule has 1 saturated carbocycles. The molecule has 0 amide bonds. The van der Waals surface area contributed by atoms with Crippen LogP contribution in [0.1, 0.15) is 61.0 Å². The summed E-state index contributed by atoms with van der Waals surface area (Å²) in [5, 5.41) is 21.6. The van der Waals surface area contributed by atoms with Crippen molar-refractivity contribution in [2.45, 2.75) is 58.8 Å². The minimum Gasteiger partial charge on any atom is -0.507 e. The lowest BCUT2D eigenvalue weighted by Gasteiger charge is -2.20. The van der Waals surface area contributed by atoms with Crippen molar-refractivity contribution >= 4 is 18.4 Å². The van der Waals surface area contributed by atoms with E-state index in [1.165, 1.54) is 32.1 Å². The number of phenols is 1. The monoisotopic (exact) mass is 358 g/mol. The lowest BCUT2D eigenvalue weighted by Crippen LogP contribution is -2.09. The number of aromatic amines is 1. The highest BCUT2D eigenvalue weighted by molar-refractivity contribution is 7.71. The molecule has 0 spiro atoms. The summed E-state index contributed by atoms with van der Waals surface area (Å²) in [4.78, 5) is 0. The molecular formula is C19H26N4OS. The zero-order valence-corrected chi connectivity index (χ0v) is 15.8. The van der Waals surface area contributed by atoms with E-state index in [1.54, 1.807) is 10.9 Å². The van der Waals surface area contributed by atoms with Crippen molar-refractivity contribution in [2.24, 2.45) is 11.0 Å². The normalized spacial score (nSPS) is 15.9. The van der Waals surface area contributed by atoms with Gasteiger partial charge < -0.3 is 5.11 Å². The maximum Gasteiger partial charge on any atom is 0.216 e. The minimum atomic E-state index is 0.338. The number of phenolic OH excluding ortho intramolecular Hbond substituents is 1. The van der Waals surface area contributed by atoms with E-state index in [0.717, 1.165) is 41.3 Å². The molecule has 1 aromatic carbocycles. The quantitative estimate of drug-likeness (QED) is 0.603. The van der Waals surface area contributed by atoms with Crippen LogP contribution in [0.5, 0.6) is 5.75 Å². The largest absolute Gasteiger partial charge is 0.507 e. The highest BCUT2D eigenvalue weighted by atomic mass is 32.1. The van der Waals surface area contributed by atoms with Gasteiger partial charge in [-0.2, -0.15) is 14.9 Å². The summed E-state index contributed by atoms with van der Waals surface area (Å²) in [6.07, 6.45) is 10.6. The van der Waals surface area contributed by atoms with E-state index in [2.05, 4.69) is 15.3 Å². The number of hydrogen-bond donors (Lipinski definition) is 2. The van der Waals surface area contributed by atoms with E-state index >= 15 is 0 Å². The third-order valence-electron chi connectivity index (χ3n) is 5.05. The average molecular weight is 359 g/mol. The molecule has 0 bridgehead atoms. The fraction of sp³-hybridized carbons (Fsp3) is 0.526. The average Bonchev–Trinajstić information content (AvgIpc) is 2.96. The molecule has 0 unspecified atom stereocenters. The number of aromatic hydroxyl groups is 1. The summed E-state index contributed by atoms with van der Waals surface area (Å²) < 4.78 is 2.23. The van der Waals surface area contributed by atoms with Gasteiger partial charge in [-0.15, -0.1) is 0 Å². The minimum absolute atomic E-state index is 0.338. The highest BCUT2D eigenvalue weighted by Gasteiger charge is 2.15. The first-order valence-electron chi connectivity index (χ1n) is 9.05. The van der Waals surface area contributed by atoms with Crippen molar-refractivity contribution in [1.82, 2.24) is 14.9 Å². The zero-order valence-electron chi connectivity index (χ0n) is 15.0. The summed E-state index contributed by atoms with van der Waals surface area (Å²) >= 11 is 5.32. The molecule has 134 valence electrons. The number of aryl methyl sites for hydroxylation is 3. The smallest absolute Gasteiger partial charge is 0.216 e. The maximum atomic E-state index is 9.88. The fourth-order valence-corrected chi connectivity index (χ4v) is 3.80. The van der Waals surface area contributed by atoms with Gasteiger partial charge in [-0.25, -0.2) is 0 Å². The van der Waals surface area contributed by atoms with Gasteiger partial charge in [-0.1, -0.05) is 32.1 Å². The Morgan fingerprint density at radius 1 is 1.28 bits per heavy atom. The molecule has 25 heavy (non-hydrogen) atoms. The lowest BCUT2D eigenvalue weighted by atomic mass is 9.86. The molecule has 3 rings (SSSR count). The third-order valence-corrected chi connectivity index (χ3v) is 5.32. The standard InChI is InChI=1S/C19H26N4OS/c1-13-10-16(11-14(2)18(13)24)12-20-23-17(21-22-19(23)25)9-8-15-6-4-3-5-7-15/h10-12,15,24H,3-9H2,1-2H3,(H,22,25)/b20-12+. The van der Waals surface area contributed by atoms with E-state index in [0.29, 0.717) is 10.5 Å². The molecule has 0 aliphatic heterocycles. The summed E-state index contributed by atoms with van der Waals surface area (Å²) in [5.41, 5.74) is 2.62. The van der Waals surface area contributed by atoms with Crippen molar-refractivity contribution < 1.29 is 5.11 Å². The SMILES string of the molecule is Cc1cc(/C=N/n2c(CCC3CCCCC3)n[nH]c2=S)cc(C)c1O. The van der Waals surface area contributed by atoms with Crippen LogP contribution in [-0.4, -0.2) is 26.2 Å². The number of benzene rings is 1. The Morgan fingerprint density at radius 3 is 2.64 bits per heavy atom. The van der Waals surface area contributed by atoms with Crippen LogP contribution in [0.3, 0.4) is 0 Å². The van der Waals surface area contributed by atoms with Gasteiger partial charge in [-0.3, -0.25) is 5.10 Å². The molecule has 1 fully saturated rings. The number of rotatable bonds is 5. The van der Waals surface area contributed by atoms with Crippen molar-refractivity contribution in [1.29, 1.82) is 0 Å². The van der Waals surface area contributed by atoms with Gasteiger partial charge in [-0.05, 0) is 67.2 Å². The molecule has 1 aromatic heterocycles. The van der Waals surface area contributed by atoms with Gasteiger partial charge >= 0.3 is 0 Å². The molecule has 0 atom stereocenters. The number of nitrogens with one attached hydrogen (secondary N) is 1. The van der Waals surface area contributed by atoms with Gasteiger partial charge in [0.2, 0.25) is 4.77 Å². The van der Waals surface area contributed by atoms with E-state index < -0.39 is 0 Å². The van der Waals surface area contributed by atoms with Crippen LogP contribution in [0.4, 0.5) is 0 Å². The van der Waals surface area contributed by atoms with Crippen LogP contribution in [-0.2, 0) is 6.42 Å². The first-order valence-corrected chi connectivity index (χ1v) is 9.46. The molecule has 5 nitrogen and oxygen atoms in total. The first-order chi connectivity index (χ1) is 12.0. The van der Waals surface area contributed by atoms with Gasteiger partial charge in [0.25, 0.3) is 0 Å². The molecule has 1 aliphatic rings. The Morgan fingerprint density at radius 2 is 1.96 bits per heavy atom. The van der Waals surface area contributed by atoms with Gasteiger partial charge in [0.05, 0.1) is 6.21 Å². The number of H-pyrrole nitrogens is 1. The van der Waals surface area contributed by atoms with Crippen LogP contribution in [0, 0.1) is 24.5 Å². The summed E-state index contributed by atoms with van der Waals surface area (Å²) in [6, 6.07) is 3.83. The second-order valence-electron chi connectivity index (χ2n) is 7.05. The van der Waals surface area contributed by atoms with Gasteiger partial charge in [0.1, 0.15) is 5.75 Å². The molecule has 2 N–H and O–H groups in total. The van der Waals surface area contributed by atoms with Crippen molar-refractivity contribution in [3.63, 3.8) is 0 Å². The highest BCUT2D eigenvalue weighted by Crippen LogP contribution is 2.27. The molecule has 1 heterocycles. The summed E-state index contributed by atoms with van der Waals surface area (Å²) in [6.45, 7) is 3.78. The Kier molecular flexibility index (Phi) is 5.68. The van der Waals surface area contributed by atoms with Crippen molar-refractivity contribution in [3.8, 4) is 5.75 Å². The number of hydrogen-bond acceptors (Lipinski definition) is 4. The fourth-order valence-electron chi connectivity index (χ4n) is 3.60. The van der Waals surface area contributed by atoms with Crippen LogP contribution in [0.2, 0.25) is 0 Å². The van der Waals surface area contributed by atoms with Crippen LogP contribution in [0.25, 0.3) is 0 Å². The molecule has 0 radical (unpaired) electrons. The van der Waals surface area contributed by atoms with E-state index in [1.807, 2.05) is 26.0 Å².